The van der Waals surface area contributed by atoms with Crippen molar-refractivity contribution in [2.45, 2.75) is 20.3 Å². The normalized spacial score (nSPS) is 11.1. The van der Waals surface area contributed by atoms with Crippen LogP contribution in [0.25, 0.3) is 0 Å². The van der Waals surface area contributed by atoms with Crippen molar-refractivity contribution in [1.82, 2.24) is 10.2 Å². The van der Waals surface area contributed by atoms with Crippen molar-refractivity contribution in [1.29, 1.82) is 0 Å². The van der Waals surface area contributed by atoms with Crippen LogP contribution >= 0.6 is 0 Å². The molecule has 0 aromatic heterocycles. The summed E-state index contributed by atoms with van der Waals surface area (Å²) in [4.78, 5) is 2.31. The molecule has 3 heteroatoms. The predicted octanol–water partition coefficient (Wildman–Crippen LogP) is 0.954. The minimum Gasteiger partial charge on any atom is -0.380 e. The van der Waals surface area contributed by atoms with Crippen LogP contribution in [0.3, 0.4) is 0 Å². The van der Waals surface area contributed by atoms with Crippen molar-refractivity contribution < 1.29 is 4.74 Å². The summed E-state index contributed by atoms with van der Waals surface area (Å²) in [5.41, 5.74) is 0. The summed E-state index contributed by atoms with van der Waals surface area (Å²) in [6.45, 7) is 10.2. The van der Waals surface area contributed by atoms with Crippen LogP contribution in [-0.4, -0.2) is 51.3 Å². The third-order valence-electron chi connectivity index (χ3n) is 1.96. The molecule has 0 rings (SSSR count). The van der Waals surface area contributed by atoms with Gasteiger partial charge in [-0.15, -0.1) is 0 Å². The maximum atomic E-state index is 5.27. The second-order valence-corrected chi connectivity index (χ2v) is 3.21. The molecule has 0 bridgehead atoms. The SMILES string of the molecule is CCNCCCN(C)CCOCC. The Kier molecular flexibility index (Phi) is 9.87. The van der Waals surface area contributed by atoms with Crippen LogP contribution in [0.15, 0.2) is 0 Å². The topological polar surface area (TPSA) is 24.5 Å². The summed E-state index contributed by atoms with van der Waals surface area (Å²) in [5.74, 6) is 0. The van der Waals surface area contributed by atoms with Crippen molar-refractivity contribution in [2.75, 3.05) is 46.4 Å². The first-order chi connectivity index (χ1) is 6.31. The summed E-state index contributed by atoms with van der Waals surface area (Å²) in [6, 6.07) is 0. The molecule has 0 fully saturated rings. The summed E-state index contributed by atoms with van der Waals surface area (Å²) in [6.07, 6.45) is 1.22. The molecular weight excluding hydrogens is 164 g/mol. The van der Waals surface area contributed by atoms with Crippen molar-refractivity contribution in [3.8, 4) is 0 Å². The third kappa shape index (κ3) is 9.80. The van der Waals surface area contributed by atoms with E-state index in [-0.39, 0.29) is 0 Å². The van der Waals surface area contributed by atoms with E-state index in [2.05, 4.69) is 24.2 Å². The van der Waals surface area contributed by atoms with Gasteiger partial charge in [-0.25, -0.2) is 0 Å². The summed E-state index contributed by atoms with van der Waals surface area (Å²) >= 11 is 0. The molecule has 1 N–H and O–H groups in total. The Morgan fingerprint density at radius 3 is 2.62 bits per heavy atom. The molecule has 0 heterocycles. The first-order valence-corrected chi connectivity index (χ1v) is 5.28. The standard InChI is InChI=1S/C10H24N2O/c1-4-11-7-6-8-12(3)9-10-13-5-2/h11H,4-10H2,1-3H3. The van der Waals surface area contributed by atoms with Gasteiger partial charge in [0, 0.05) is 13.2 Å². The minimum absolute atomic E-state index is 0.825. The van der Waals surface area contributed by atoms with Gasteiger partial charge in [-0.1, -0.05) is 6.92 Å². The predicted molar refractivity (Wildman–Crippen MR) is 57.2 cm³/mol. The fraction of sp³-hybridized carbons (Fsp3) is 1.00. The Morgan fingerprint density at radius 1 is 1.23 bits per heavy atom. The zero-order chi connectivity index (χ0) is 9.94. The van der Waals surface area contributed by atoms with E-state index in [1.807, 2.05) is 6.92 Å². The molecule has 0 saturated carbocycles. The van der Waals surface area contributed by atoms with E-state index in [1.54, 1.807) is 0 Å². The molecule has 0 unspecified atom stereocenters. The van der Waals surface area contributed by atoms with Gasteiger partial charge in [-0.2, -0.15) is 0 Å². The van der Waals surface area contributed by atoms with Gasteiger partial charge in [0.25, 0.3) is 0 Å². The highest BCUT2D eigenvalue weighted by atomic mass is 16.5. The smallest absolute Gasteiger partial charge is 0.0593 e. The highest BCUT2D eigenvalue weighted by molar-refractivity contribution is 4.52. The van der Waals surface area contributed by atoms with Gasteiger partial charge in [0.15, 0.2) is 0 Å². The first-order valence-electron chi connectivity index (χ1n) is 5.28. The molecule has 0 saturated heterocycles. The lowest BCUT2D eigenvalue weighted by molar-refractivity contribution is 0.122. The number of rotatable bonds is 9. The second-order valence-electron chi connectivity index (χ2n) is 3.21. The van der Waals surface area contributed by atoms with Crippen molar-refractivity contribution in [2.24, 2.45) is 0 Å². The summed E-state index contributed by atoms with van der Waals surface area (Å²) in [5, 5.41) is 3.31. The molecule has 0 spiro atoms. The largest absolute Gasteiger partial charge is 0.380 e. The van der Waals surface area contributed by atoms with Crippen LogP contribution in [0, 0.1) is 0 Å². The van der Waals surface area contributed by atoms with Gasteiger partial charge in [-0.3, -0.25) is 0 Å². The average Bonchev–Trinajstić information content (AvgIpc) is 2.13. The fourth-order valence-electron chi connectivity index (χ4n) is 1.13. The zero-order valence-corrected chi connectivity index (χ0v) is 9.31. The van der Waals surface area contributed by atoms with Crippen molar-refractivity contribution >= 4 is 0 Å². The first kappa shape index (κ1) is 12.9. The van der Waals surface area contributed by atoms with Crippen LogP contribution in [0.5, 0.6) is 0 Å². The number of hydrogen-bond donors (Lipinski definition) is 1. The molecule has 3 nitrogen and oxygen atoms in total. The van der Waals surface area contributed by atoms with Crippen LogP contribution in [0.2, 0.25) is 0 Å². The lowest BCUT2D eigenvalue weighted by Gasteiger charge is -2.16. The number of likely N-dealkylation sites (N-methyl/N-ethyl adjacent to an activating group) is 1. The highest BCUT2D eigenvalue weighted by Crippen LogP contribution is 1.86. The maximum absolute atomic E-state index is 5.27. The molecule has 0 aliphatic heterocycles. The highest BCUT2D eigenvalue weighted by Gasteiger charge is 1.96. The van der Waals surface area contributed by atoms with E-state index < -0.39 is 0 Å². The van der Waals surface area contributed by atoms with E-state index in [1.165, 1.54) is 6.42 Å². The molecule has 0 aromatic rings. The van der Waals surface area contributed by atoms with Gasteiger partial charge in [0.2, 0.25) is 0 Å². The molecule has 0 atom stereocenters. The van der Waals surface area contributed by atoms with Crippen LogP contribution in [-0.2, 0) is 4.74 Å². The van der Waals surface area contributed by atoms with E-state index in [9.17, 15) is 0 Å². The second kappa shape index (κ2) is 9.96. The van der Waals surface area contributed by atoms with Gasteiger partial charge in [0.1, 0.15) is 0 Å². The quantitative estimate of drug-likeness (QED) is 0.545. The molecule has 0 aliphatic rings. The lowest BCUT2D eigenvalue weighted by atomic mass is 10.4. The van der Waals surface area contributed by atoms with Gasteiger partial charge < -0.3 is 15.0 Å². The molecule has 80 valence electrons. The zero-order valence-electron chi connectivity index (χ0n) is 9.31. The molecule has 0 radical (unpaired) electrons. The fourth-order valence-corrected chi connectivity index (χ4v) is 1.13. The van der Waals surface area contributed by atoms with Gasteiger partial charge in [0.05, 0.1) is 6.61 Å². The Balaban J connectivity index is 3.05. The lowest BCUT2D eigenvalue weighted by Crippen LogP contribution is -2.27. The number of nitrogens with zero attached hydrogens (tertiary/aromatic N) is 1. The molecule has 0 amide bonds. The minimum atomic E-state index is 0.825. The van der Waals surface area contributed by atoms with Crippen LogP contribution < -0.4 is 5.32 Å². The summed E-state index contributed by atoms with van der Waals surface area (Å²) in [7, 11) is 2.14. The van der Waals surface area contributed by atoms with Crippen LogP contribution in [0.1, 0.15) is 20.3 Å². The van der Waals surface area contributed by atoms with E-state index in [4.69, 9.17) is 4.74 Å². The Morgan fingerprint density at radius 2 is 2.00 bits per heavy atom. The van der Waals surface area contributed by atoms with E-state index >= 15 is 0 Å². The Hall–Kier alpha value is -0.120. The number of ether oxygens (including phenoxy) is 1. The third-order valence-corrected chi connectivity index (χ3v) is 1.96. The number of hydrogen-bond acceptors (Lipinski definition) is 3. The molecule has 0 aromatic carbocycles. The van der Waals surface area contributed by atoms with Crippen LogP contribution in [0.4, 0.5) is 0 Å². The maximum Gasteiger partial charge on any atom is 0.0593 e. The number of nitrogens with one attached hydrogen (secondary N) is 1. The van der Waals surface area contributed by atoms with E-state index in [0.717, 1.165) is 39.4 Å². The molecule has 13 heavy (non-hydrogen) atoms. The Bertz CT molecular complexity index is 98.9. The van der Waals surface area contributed by atoms with Crippen molar-refractivity contribution in [3.05, 3.63) is 0 Å². The van der Waals surface area contributed by atoms with Gasteiger partial charge in [-0.05, 0) is 40.0 Å². The molecular formula is C10H24N2O. The average molecular weight is 188 g/mol. The Labute approximate surface area is 82.4 Å². The van der Waals surface area contributed by atoms with Crippen molar-refractivity contribution in [3.63, 3.8) is 0 Å². The monoisotopic (exact) mass is 188 g/mol. The summed E-state index contributed by atoms with van der Waals surface area (Å²) < 4.78 is 5.27. The van der Waals surface area contributed by atoms with E-state index in [0.29, 0.717) is 0 Å². The van der Waals surface area contributed by atoms with Gasteiger partial charge >= 0.3 is 0 Å². The molecule has 0 aliphatic carbocycles.